The van der Waals surface area contributed by atoms with E-state index in [1.54, 1.807) is 0 Å². The zero-order valence-corrected chi connectivity index (χ0v) is 8.50. The average Bonchev–Trinajstić information content (AvgIpc) is 1.84. The molecule has 0 bridgehead atoms. The van der Waals surface area contributed by atoms with Crippen molar-refractivity contribution in [3.05, 3.63) is 0 Å². The standard InChI is InChI=1S/C6H12Br2/c1-3-5(7)6(8)4-2/h5-6H,3-4H2,1-2H3/t5-,6+. The first-order chi connectivity index (χ1) is 3.72. The zero-order chi connectivity index (χ0) is 6.57. The summed E-state index contributed by atoms with van der Waals surface area (Å²) in [5.74, 6) is 0. The molecular weight excluding hydrogens is 232 g/mol. The van der Waals surface area contributed by atoms with Gasteiger partial charge in [0.1, 0.15) is 0 Å². The van der Waals surface area contributed by atoms with Crippen LogP contribution >= 0.6 is 31.9 Å². The monoisotopic (exact) mass is 242 g/mol. The van der Waals surface area contributed by atoms with Crippen LogP contribution in [-0.2, 0) is 0 Å². The van der Waals surface area contributed by atoms with Gasteiger partial charge in [-0.1, -0.05) is 45.7 Å². The van der Waals surface area contributed by atoms with Gasteiger partial charge in [-0.3, -0.25) is 0 Å². The quantitative estimate of drug-likeness (QED) is 0.668. The molecule has 0 aromatic carbocycles. The first kappa shape index (κ1) is 8.96. The van der Waals surface area contributed by atoms with Crippen LogP contribution in [0.5, 0.6) is 0 Å². The maximum absolute atomic E-state index is 3.56. The SMILES string of the molecule is CC[C@@H](Br)[C@@H](Br)CC. The molecule has 2 atom stereocenters. The lowest BCUT2D eigenvalue weighted by atomic mass is 10.2. The highest BCUT2D eigenvalue weighted by Gasteiger charge is 2.09. The zero-order valence-electron chi connectivity index (χ0n) is 5.32. The molecule has 50 valence electrons. The smallest absolute Gasteiger partial charge is 0.0268 e. The lowest BCUT2D eigenvalue weighted by molar-refractivity contribution is 0.758. The van der Waals surface area contributed by atoms with Gasteiger partial charge in [-0.2, -0.15) is 0 Å². The highest BCUT2D eigenvalue weighted by Crippen LogP contribution is 2.19. The Hall–Kier alpha value is 0.960. The fraction of sp³-hybridized carbons (Fsp3) is 1.00. The second kappa shape index (κ2) is 4.80. The predicted octanol–water partition coefficient (Wildman–Crippen LogP) is 3.33. The minimum Gasteiger partial charge on any atom is -0.0879 e. The highest BCUT2D eigenvalue weighted by atomic mass is 79.9. The van der Waals surface area contributed by atoms with Gasteiger partial charge in [-0.25, -0.2) is 0 Å². The summed E-state index contributed by atoms with van der Waals surface area (Å²) in [6.07, 6.45) is 2.40. The molecule has 8 heavy (non-hydrogen) atoms. The second-order valence-corrected chi connectivity index (χ2v) is 4.20. The number of halogens is 2. The van der Waals surface area contributed by atoms with E-state index in [9.17, 15) is 0 Å². The maximum Gasteiger partial charge on any atom is 0.0268 e. The van der Waals surface area contributed by atoms with Gasteiger partial charge >= 0.3 is 0 Å². The summed E-state index contributed by atoms with van der Waals surface area (Å²) in [5, 5.41) is 0. The van der Waals surface area contributed by atoms with Gasteiger partial charge in [0.2, 0.25) is 0 Å². The molecule has 0 spiro atoms. The fourth-order valence-corrected chi connectivity index (χ4v) is 1.26. The van der Waals surface area contributed by atoms with Crippen molar-refractivity contribution >= 4 is 31.9 Å². The molecule has 0 unspecified atom stereocenters. The number of rotatable bonds is 3. The third-order valence-corrected chi connectivity index (χ3v) is 4.45. The van der Waals surface area contributed by atoms with E-state index in [0.717, 1.165) is 0 Å². The van der Waals surface area contributed by atoms with Crippen LogP contribution in [0.2, 0.25) is 0 Å². The maximum atomic E-state index is 3.56. The van der Waals surface area contributed by atoms with Crippen molar-refractivity contribution < 1.29 is 0 Å². The summed E-state index contributed by atoms with van der Waals surface area (Å²) >= 11 is 7.11. The van der Waals surface area contributed by atoms with Crippen molar-refractivity contribution in [2.24, 2.45) is 0 Å². The lowest BCUT2D eigenvalue weighted by Crippen LogP contribution is -2.10. The first-order valence-corrected chi connectivity index (χ1v) is 4.83. The van der Waals surface area contributed by atoms with Gasteiger partial charge in [0.15, 0.2) is 0 Å². The Morgan fingerprint density at radius 1 is 1.00 bits per heavy atom. The summed E-state index contributed by atoms with van der Waals surface area (Å²) in [4.78, 5) is 1.29. The summed E-state index contributed by atoms with van der Waals surface area (Å²) < 4.78 is 0. The molecule has 0 saturated carbocycles. The molecule has 0 aromatic heterocycles. The van der Waals surface area contributed by atoms with Gasteiger partial charge < -0.3 is 0 Å². The van der Waals surface area contributed by atoms with E-state index in [1.165, 1.54) is 12.8 Å². The van der Waals surface area contributed by atoms with Gasteiger partial charge in [-0.15, -0.1) is 0 Å². The highest BCUT2D eigenvalue weighted by molar-refractivity contribution is 9.12. The molecular formula is C6H12Br2. The molecule has 0 saturated heterocycles. The van der Waals surface area contributed by atoms with Crippen molar-refractivity contribution in [1.82, 2.24) is 0 Å². The molecule has 0 amide bonds. The topological polar surface area (TPSA) is 0 Å². The number of hydrogen-bond acceptors (Lipinski definition) is 0. The molecule has 0 aliphatic carbocycles. The molecule has 0 radical (unpaired) electrons. The van der Waals surface area contributed by atoms with E-state index < -0.39 is 0 Å². The Balaban J connectivity index is 3.29. The third-order valence-electron chi connectivity index (χ3n) is 1.17. The lowest BCUT2D eigenvalue weighted by Gasteiger charge is -2.10. The molecule has 2 heteroatoms. The van der Waals surface area contributed by atoms with Crippen molar-refractivity contribution in [2.75, 3.05) is 0 Å². The van der Waals surface area contributed by atoms with E-state index >= 15 is 0 Å². The van der Waals surface area contributed by atoms with Gasteiger partial charge in [-0.05, 0) is 12.8 Å². The van der Waals surface area contributed by atoms with Crippen LogP contribution in [0, 0.1) is 0 Å². The minimum atomic E-state index is 0.646. The van der Waals surface area contributed by atoms with Crippen LogP contribution in [0.25, 0.3) is 0 Å². The Morgan fingerprint density at radius 2 is 1.25 bits per heavy atom. The summed E-state index contributed by atoms with van der Waals surface area (Å²) in [6.45, 7) is 4.37. The molecule has 0 fully saturated rings. The summed E-state index contributed by atoms with van der Waals surface area (Å²) in [5.41, 5.74) is 0. The first-order valence-electron chi connectivity index (χ1n) is 3.00. The number of hydrogen-bond donors (Lipinski definition) is 0. The number of alkyl halides is 2. The Labute approximate surface area is 68.3 Å². The largest absolute Gasteiger partial charge is 0.0879 e. The van der Waals surface area contributed by atoms with Crippen molar-refractivity contribution in [3.63, 3.8) is 0 Å². The molecule has 0 aliphatic heterocycles. The van der Waals surface area contributed by atoms with Gasteiger partial charge in [0.05, 0.1) is 0 Å². The van der Waals surface area contributed by atoms with Crippen LogP contribution in [0.4, 0.5) is 0 Å². The van der Waals surface area contributed by atoms with E-state index in [4.69, 9.17) is 0 Å². The van der Waals surface area contributed by atoms with Crippen LogP contribution in [0.1, 0.15) is 26.7 Å². The second-order valence-electron chi connectivity index (χ2n) is 1.85. The normalized spacial score (nSPS) is 18.0. The molecule has 0 rings (SSSR count). The summed E-state index contributed by atoms with van der Waals surface area (Å²) in [7, 11) is 0. The third kappa shape index (κ3) is 3.08. The molecule has 0 heterocycles. The Morgan fingerprint density at radius 3 is 1.38 bits per heavy atom. The predicted molar refractivity (Wildman–Crippen MR) is 46.0 cm³/mol. The van der Waals surface area contributed by atoms with E-state index in [-0.39, 0.29) is 0 Å². The molecule has 0 N–H and O–H groups in total. The Bertz CT molecular complexity index is 46.5. The molecule has 0 nitrogen and oxygen atoms in total. The van der Waals surface area contributed by atoms with E-state index in [2.05, 4.69) is 45.7 Å². The molecule has 0 aliphatic rings. The van der Waals surface area contributed by atoms with Crippen LogP contribution in [-0.4, -0.2) is 9.65 Å². The fourth-order valence-electron chi connectivity index (χ4n) is 0.512. The van der Waals surface area contributed by atoms with Crippen molar-refractivity contribution in [3.8, 4) is 0 Å². The molecule has 0 aromatic rings. The summed E-state index contributed by atoms with van der Waals surface area (Å²) in [6, 6.07) is 0. The van der Waals surface area contributed by atoms with E-state index in [1.807, 2.05) is 0 Å². The minimum absolute atomic E-state index is 0.646. The average molecular weight is 244 g/mol. The van der Waals surface area contributed by atoms with Gasteiger partial charge in [0, 0.05) is 9.65 Å². The van der Waals surface area contributed by atoms with Crippen LogP contribution in [0.15, 0.2) is 0 Å². The van der Waals surface area contributed by atoms with Crippen molar-refractivity contribution in [2.45, 2.75) is 36.3 Å². The van der Waals surface area contributed by atoms with Crippen LogP contribution < -0.4 is 0 Å². The van der Waals surface area contributed by atoms with Crippen molar-refractivity contribution in [1.29, 1.82) is 0 Å². The Kier molecular flexibility index (Phi) is 5.38. The van der Waals surface area contributed by atoms with Gasteiger partial charge in [0.25, 0.3) is 0 Å². The van der Waals surface area contributed by atoms with Crippen LogP contribution in [0.3, 0.4) is 0 Å². The van der Waals surface area contributed by atoms with E-state index in [0.29, 0.717) is 9.65 Å².